The highest BCUT2D eigenvalue weighted by Crippen LogP contribution is 2.18. The number of benzene rings is 1. The fourth-order valence-corrected chi connectivity index (χ4v) is 1.76. The summed E-state index contributed by atoms with van der Waals surface area (Å²) < 4.78 is 5.80. The number of rotatable bonds is 9. The molecule has 0 saturated heterocycles. The summed E-state index contributed by atoms with van der Waals surface area (Å²) in [5.41, 5.74) is 1.21. The predicted molar refractivity (Wildman–Crippen MR) is 79.1 cm³/mol. The molecule has 0 aliphatic rings. The Kier molecular flexibility index (Phi) is 7.70. The maximum absolute atomic E-state index is 5.80. The van der Waals surface area contributed by atoms with E-state index < -0.39 is 0 Å². The van der Waals surface area contributed by atoms with Crippen LogP contribution in [-0.2, 0) is 6.42 Å². The van der Waals surface area contributed by atoms with Gasteiger partial charge in [0.1, 0.15) is 5.75 Å². The van der Waals surface area contributed by atoms with E-state index in [-0.39, 0.29) is 0 Å². The van der Waals surface area contributed by atoms with Crippen molar-refractivity contribution in [1.29, 1.82) is 0 Å². The molecule has 0 atom stereocenters. The van der Waals surface area contributed by atoms with Crippen molar-refractivity contribution in [2.24, 2.45) is 0 Å². The summed E-state index contributed by atoms with van der Waals surface area (Å²) in [6.07, 6.45) is 11.9. The maximum Gasteiger partial charge on any atom is 0.122 e. The van der Waals surface area contributed by atoms with Crippen molar-refractivity contribution in [2.75, 3.05) is 6.61 Å². The molecule has 0 aliphatic heterocycles. The Morgan fingerprint density at radius 2 is 1.94 bits per heavy atom. The summed E-state index contributed by atoms with van der Waals surface area (Å²) in [7, 11) is 0. The smallest absolute Gasteiger partial charge is 0.122 e. The third kappa shape index (κ3) is 5.72. The summed E-state index contributed by atoms with van der Waals surface area (Å²) in [6.45, 7) is 6.73. The van der Waals surface area contributed by atoms with E-state index >= 15 is 0 Å². The zero-order valence-electron chi connectivity index (χ0n) is 11.4. The molecule has 0 radical (unpaired) electrons. The molecule has 0 spiro atoms. The number of para-hydroxylation sites is 1. The van der Waals surface area contributed by atoms with Gasteiger partial charge in [0.15, 0.2) is 0 Å². The number of hydrogen-bond donors (Lipinski definition) is 0. The molecular weight excluding hydrogens is 220 g/mol. The van der Waals surface area contributed by atoms with Crippen LogP contribution in [0.25, 0.3) is 0 Å². The van der Waals surface area contributed by atoms with Crippen LogP contribution >= 0.6 is 0 Å². The number of ether oxygens (including phenoxy) is 1. The van der Waals surface area contributed by atoms with E-state index in [9.17, 15) is 0 Å². The standard InChI is InChI=1S/C17H24O/c1-3-5-6-7-8-11-15-18-17-14-10-9-13-16(17)12-4-2/h4,7-10,13-14H,2-3,5-6,11-12,15H2,1H3/b8-7+. The minimum absolute atomic E-state index is 0.747. The lowest BCUT2D eigenvalue weighted by Crippen LogP contribution is -1.98. The molecule has 0 aliphatic carbocycles. The van der Waals surface area contributed by atoms with E-state index in [0.29, 0.717) is 0 Å². The monoisotopic (exact) mass is 244 g/mol. The Balaban J connectivity index is 2.30. The van der Waals surface area contributed by atoms with Crippen LogP contribution in [0.3, 0.4) is 0 Å². The molecule has 1 aromatic rings. The van der Waals surface area contributed by atoms with E-state index in [1.807, 2.05) is 24.3 Å². The molecule has 0 saturated carbocycles. The molecule has 0 bridgehead atoms. The number of unbranched alkanes of at least 4 members (excludes halogenated alkanes) is 2. The number of allylic oxidation sites excluding steroid dienone is 2. The summed E-state index contributed by atoms with van der Waals surface area (Å²) >= 11 is 0. The molecule has 0 aromatic heterocycles. The topological polar surface area (TPSA) is 9.23 Å². The van der Waals surface area contributed by atoms with Crippen molar-refractivity contribution in [1.82, 2.24) is 0 Å². The molecule has 1 aromatic carbocycles. The molecule has 0 heterocycles. The summed E-state index contributed by atoms with van der Waals surface area (Å²) in [6, 6.07) is 8.17. The van der Waals surface area contributed by atoms with Gasteiger partial charge in [-0.05, 0) is 30.9 Å². The minimum Gasteiger partial charge on any atom is -0.493 e. The second kappa shape index (κ2) is 9.52. The predicted octanol–water partition coefficient (Wildman–Crippen LogP) is 4.93. The minimum atomic E-state index is 0.747. The average molecular weight is 244 g/mol. The Hall–Kier alpha value is -1.50. The maximum atomic E-state index is 5.80. The van der Waals surface area contributed by atoms with Crippen molar-refractivity contribution in [2.45, 2.75) is 39.0 Å². The van der Waals surface area contributed by atoms with Crippen LogP contribution in [0.2, 0.25) is 0 Å². The Bertz CT molecular complexity index is 366. The highest BCUT2D eigenvalue weighted by molar-refractivity contribution is 5.34. The van der Waals surface area contributed by atoms with Gasteiger partial charge in [0.2, 0.25) is 0 Å². The van der Waals surface area contributed by atoms with Crippen molar-refractivity contribution >= 4 is 0 Å². The van der Waals surface area contributed by atoms with Crippen molar-refractivity contribution in [3.63, 3.8) is 0 Å². The highest BCUT2D eigenvalue weighted by Gasteiger charge is 1.99. The van der Waals surface area contributed by atoms with E-state index in [0.717, 1.165) is 25.2 Å². The first-order valence-electron chi connectivity index (χ1n) is 6.85. The highest BCUT2D eigenvalue weighted by atomic mass is 16.5. The van der Waals surface area contributed by atoms with Crippen LogP contribution in [0.15, 0.2) is 49.1 Å². The van der Waals surface area contributed by atoms with Crippen LogP contribution in [0.1, 0.15) is 38.2 Å². The first kappa shape index (κ1) is 14.6. The Morgan fingerprint density at radius 1 is 1.17 bits per heavy atom. The molecule has 0 unspecified atom stereocenters. The van der Waals surface area contributed by atoms with Gasteiger partial charge < -0.3 is 4.74 Å². The van der Waals surface area contributed by atoms with E-state index in [2.05, 4.69) is 31.7 Å². The molecule has 0 amide bonds. The van der Waals surface area contributed by atoms with Gasteiger partial charge in [-0.1, -0.05) is 56.2 Å². The Labute approximate surface area is 111 Å². The summed E-state index contributed by atoms with van der Waals surface area (Å²) in [5, 5.41) is 0. The second-order valence-electron chi connectivity index (χ2n) is 4.35. The van der Waals surface area contributed by atoms with E-state index in [4.69, 9.17) is 4.74 Å². The molecule has 18 heavy (non-hydrogen) atoms. The SMILES string of the molecule is C=CCc1ccccc1OCC/C=C/CCCC. The van der Waals surface area contributed by atoms with Gasteiger partial charge in [-0.15, -0.1) is 6.58 Å². The van der Waals surface area contributed by atoms with Gasteiger partial charge in [-0.25, -0.2) is 0 Å². The largest absolute Gasteiger partial charge is 0.493 e. The van der Waals surface area contributed by atoms with E-state index in [1.165, 1.54) is 24.8 Å². The van der Waals surface area contributed by atoms with Crippen molar-refractivity contribution < 1.29 is 4.74 Å². The lowest BCUT2D eigenvalue weighted by molar-refractivity contribution is 0.322. The third-order valence-electron chi connectivity index (χ3n) is 2.77. The average Bonchev–Trinajstić information content (AvgIpc) is 2.40. The van der Waals surface area contributed by atoms with Gasteiger partial charge in [-0.3, -0.25) is 0 Å². The summed E-state index contributed by atoms with van der Waals surface area (Å²) in [5.74, 6) is 0.986. The molecule has 0 N–H and O–H groups in total. The van der Waals surface area contributed by atoms with E-state index in [1.54, 1.807) is 0 Å². The van der Waals surface area contributed by atoms with Gasteiger partial charge in [-0.2, -0.15) is 0 Å². The summed E-state index contributed by atoms with van der Waals surface area (Å²) in [4.78, 5) is 0. The van der Waals surface area contributed by atoms with Gasteiger partial charge in [0, 0.05) is 0 Å². The first-order chi connectivity index (χ1) is 8.88. The lowest BCUT2D eigenvalue weighted by Gasteiger charge is -2.09. The zero-order valence-corrected chi connectivity index (χ0v) is 11.4. The first-order valence-corrected chi connectivity index (χ1v) is 6.85. The van der Waals surface area contributed by atoms with Crippen molar-refractivity contribution in [3.05, 3.63) is 54.6 Å². The normalized spacial score (nSPS) is 10.7. The van der Waals surface area contributed by atoms with Crippen LogP contribution in [0.5, 0.6) is 5.75 Å². The van der Waals surface area contributed by atoms with Crippen LogP contribution in [-0.4, -0.2) is 6.61 Å². The lowest BCUT2D eigenvalue weighted by atomic mass is 10.1. The zero-order chi connectivity index (χ0) is 13.1. The fourth-order valence-electron chi connectivity index (χ4n) is 1.76. The third-order valence-corrected chi connectivity index (χ3v) is 2.77. The van der Waals surface area contributed by atoms with Gasteiger partial charge >= 0.3 is 0 Å². The second-order valence-corrected chi connectivity index (χ2v) is 4.35. The van der Waals surface area contributed by atoms with Gasteiger partial charge in [0.05, 0.1) is 6.61 Å². The molecule has 98 valence electrons. The fraction of sp³-hybridized carbons (Fsp3) is 0.412. The van der Waals surface area contributed by atoms with Crippen molar-refractivity contribution in [3.8, 4) is 5.75 Å². The molecule has 0 fully saturated rings. The van der Waals surface area contributed by atoms with Crippen LogP contribution in [0, 0.1) is 0 Å². The molecule has 1 nitrogen and oxygen atoms in total. The molecule has 1 heteroatoms. The van der Waals surface area contributed by atoms with Gasteiger partial charge in [0.25, 0.3) is 0 Å². The van der Waals surface area contributed by atoms with Crippen LogP contribution < -0.4 is 4.74 Å². The van der Waals surface area contributed by atoms with Crippen LogP contribution in [0.4, 0.5) is 0 Å². The molecule has 1 rings (SSSR count). The number of hydrogen-bond acceptors (Lipinski definition) is 1. The quantitative estimate of drug-likeness (QED) is 0.442. The Morgan fingerprint density at radius 3 is 2.72 bits per heavy atom. The molecular formula is C17H24O.